The van der Waals surface area contributed by atoms with Crippen molar-refractivity contribution in [2.45, 2.75) is 64.7 Å². The van der Waals surface area contributed by atoms with Crippen molar-refractivity contribution in [2.75, 3.05) is 0 Å². The Hall–Kier alpha value is -2.57. The Morgan fingerprint density at radius 3 is 1.73 bits per heavy atom. The summed E-state index contributed by atoms with van der Waals surface area (Å²) in [5, 5.41) is 35.6. The van der Waals surface area contributed by atoms with Crippen molar-refractivity contribution in [1.29, 1.82) is 21.0 Å². The maximum Gasteiger partial charge on any atom is 0.284 e. The molecule has 22 heavy (non-hydrogen) atoms. The van der Waals surface area contributed by atoms with Crippen LogP contribution in [0.3, 0.4) is 0 Å². The molecule has 0 aliphatic carbocycles. The SMILES string of the molecule is CCCCCCCCCCC(C#N)(C#N)C(=O)N(C#N)C#N. The lowest BCUT2D eigenvalue weighted by molar-refractivity contribution is -0.131. The maximum atomic E-state index is 12.0. The second kappa shape index (κ2) is 11.1. The molecule has 0 aromatic rings. The van der Waals surface area contributed by atoms with E-state index in [1.807, 2.05) is 0 Å². The van der Waals surface area contributed by atoms with Crippen molar-refractivity contribution < 1.29 is 4.79 Å². The lowest BCUT2D eigenvalue weighted by atomic mass is 9.84. The summed E-state index contributed by atoms with van der Waals surface area (Å²) in [6.07, 6.45) is 11.1. The van der Waals surface area contributed by atoms with Gasteiger partial charge in [-0.1, -0.05) is 58.3 Å². The number of rotatable bonds is 10. The molecule has 0 unspecified atom stereocenters. The van der Waals surface area contributed by atoms with Gasteiger partial charge in [-0.25, -0.2) is 0 Å². The Morgan fingerprint density at radius 2 is 1.32 bits per heavy atom. The van der Waals surface area contributed by atoms with E-state index in [0.29, 0.717) is 6.42 Å². The Kier molecular flexibility index (Phi) is 9.83. The molecule has 0 N–H and O–H groups in total. The van der Waals surface area contributed by atoms with E-state index in [2.05, 4.69) is 6.92 Å². The fraction of sp³-hybridized carbons (Fsp3) is 0.688. The van der Waals surface area contributed by atoms with Crippen molar-refractivity contribution in [3.63, 3.8) is 0 Å². The van der Waals surface area contributed by atoms with Crippen LogP contribution >= 0.6 is 0 Å². The molecule has 0 aromatic carbocycles. The molecule has 6 heteroatoms. The molecule has 6 nitrogen and oxygen atoms in total. The first-order chi connectivity index (χ1) is 10.6. The predicted molar refractivity (Wildman–Crippen MR) is 79.0 cm³/mol. The summed E-state index contributed by atoms with van der Waals surface area (Å²) >= 11 is 0. The molecule has 0 radical (unpaired) electrons. The summed E-state index contributed by atoms with van der Waals surface area (Å²) in [6.45, 7) is 2.16. The zero-order valence-electron chi connectivity index (χ0n) is 13.0. The minimum absolute atomic E-state index is 0.0493. The quantitative estimate of drug-likeness (QED) is 0.348. The number of nitriles is 4. The van der Waals surface area contributed by atoms with Gasteiger partial charge in [0, 0.05) is 0 Å². The van der Waals surface area contributed by atoms with E-state index < -0.39 is 11.3 Å². The van der Waals surface area contributed by atoms with Gasteiger partial charge in [-0.15, -0.1) is 4.90 Å². The van der Waals surface area contributed by atoms with E-state index in [-0.39, 0.29) is 11.3 Å². The minimum atomic E-state index is -1.94. The van der Waals surface area contributed by atoms with Crippen LogP contribution in [0.25, 0.3) is 0 Å². The van der Waals surface area contributed by atoms with E-state index in [1.165, 1.54) is 38.1 Å². The van der Waals surface area contributed by atoms with Crippen LogP contribution < -0.4 is 0 Å². The van der Waals surface area contributed by atoms with Crippen molar-refractivity contribution in [3.8, 4) is 24.5 Å². The Labute approximate surface area is 132 Å². The molecule has 0 fully saturated rings. The average Bonchev–Trinajstić information content (AvgIpc) is 2.55. The zero-order chi connectivity index (χ0) is 16.8. The monoisotopic (exact) mass is 299 g/mol. The summed E-state index contributed by atoms with van der Waals surface area (Å²) in [7, 11) is 0. The third-order valence-corrected chi connectivity index (χ3v) is 3.56. The normalized spacial score (nSPS) is 9.86. The maximum absolute atomic E-state index is 12.0. The standard InChI is InChI=1S/C16H21N5O/c1-2-3-4-5-6-7-8-9-10-16(11-17,12-18)15(22)21(13-19)14-20/h2-10H2,1H3. The number of unbranched alkanes of at least 4 members (excludes halogenated alkanes) is 7. The highest BCUT2D eigenvalue weighted by Gasteiger charge is 2.42. The van der Waals surface area contributed by atoms with Crippen LogP contribution in [0, 0.1) is 51.0 Å². The van der Waals surface area contributed by atoms with Crippen LogP contribution in [0.4, 0.5) is 0 Å². The van der Waals surface area contributed by atoms with E-state index in [1.54, 1.807) is 12.1 Å². The molecule has 0 spiro atoms. The highest BCUT2D eigenvalue weighted by Crippen LogP contribution is 2.26. The smallest absolute Gasteiger partial charge is 0.270 e. The van der Waals surface area contributed by atoms with E-state index >= 15 is 0 Å². The van der Waals surface area contributed by atoms with Crippen LogP contribution in [0.15, 0.2) is 0 Å². The average molecular weight is 299 g/mol. The first-order valence-corrected chi connectivity index (χ1v) is 7.58. The van der Waals surface area contributed by atoms with Crippen LogP contribution in [0.5, 0.6) is 0 Å². The number of carbonyl (C=O) groups excluding carboxylic acids is 1. The van der Waals surface area contributed by atoms with Gasteiger partial charge in [0.1, 0.15) is 0 Å². The third kappa shape index (κ3) is 5.82. The topological polar surface area (TPSA) is 115 Å². The van der Waals surface area contributed by atoms with Crippen molar-refractivity contribution in [2.24, 2.45) is 5.41 Å². The van der Waals surface area contributed by atoms with Crippen LogP contribution in [-0.4, -0.2) is 10.8 Å². The van der Waals surface area contributed by atoms with Crippen LogP contribution in [0.2, 0.25) is 0 Å². The first-order valence-electron chi connectivity index (χ1n) is 7.58. The number of nitrogens with zero attached hydrogens (tertiary/aromatic N) is 5. The van der Waals surface area contributed by atoms with Crippen molar-refractivity contribution in [3.05, 3.63) is 0 Å². The molecule has 0 saturated heterocycles. The Morgan fingerprint density at radius 1 is 0.864 bits per heavy atom. The van der Waals surface area contributed by atoms with Gasteiger partial charge in [-0.3, -0.25) is 4.79 Å². The van der Waals surface area contributed by atoms with Crippen molar-refractivity contribution in [1.82, 2.24) is 4.90 Å². The van der Waals surface area contributed by atoms with Crippen molar-refractivity contribution >= 4 is 5.91 Å². The van der Waals surface area contributed by atoms with Gasteiger partial charge in [0.05, 0.1) is 12.1 Å². The van der Waals surface area contributed by atoms with E-state index in [0.717, 1.165) is 19.3 Å². The van der Waals surface area contributed by atoms with E-state index in [4.69, 9.17) is 21.0 Å². The molecule has 0 aliphatic heterocycles. The van der Waals surface area contributed by atoms with Gasteiger partial charge in [0.2, 0.25) is 17.8 Å². The summed E-state index contributed by atoms with van der Waals surface area (Å²) in [6, 6.07) is 3.36. The summed E-state index contributed by atoms with van der Waals surface area (Å²) < 4.78 is 0. The van der Waals surface area contributed by atoms with Gasteiger partial charge in [0.25, 0.3) is 5.91 Å². The lowest BCUT2D eigenvalue weighted by Gasteiger charge is -2.17. The minimum Gasteiger partial charge on any atom is -0.270 e. The molecule has 0 aromatic heterocycles. The van der Waals surface area contributed by atoms with Gasteiger partial charge >= 0.3 is 0 Å². The molecule has 116 valence electrons. The molecular weight excluding hydrogens is 278 g/mol. The molecule has 0 saturated carbocycles. The fourth-order valence-corrected chi connectivity index (χ4v) is 2.17. The molecule has 1 amide bonds. The number of hydrogen-bond donors (Lipinski definition) is 0. The highest BCUT2D eigenvalue weighted by atomic mass is 16.2. The van der Waals surface area contributed by atoms with Crippen LogP contribution in [0.1, 0.15) is 64.7 Å². The van der Waals surface area contributed by atoms with Gasteiger partial charge in [-0.05, 0) is 6.42 Å². The summed E-state index contributed by atoms with van der Waals surface area (Å²) in [5.74, 6) is -1.05. The highest BCUT2D eigenvalue weighted by molar-refractivity contribution is 5.90. The zero-order valence-corrected chi connectivity index (χ0v) is 13.0. The Balaban J connectivity index is 4.36. The van der Waals surface area contributed by atoms with E-state index in [9.17, 15) is 4.79 Å². The molecule has 0 bridgehead atoms. The lowest BCUT2D eigenvalue weighted by Crippen LogP contribution is -2.37. The summed E-state index contributed by atoms with van der Waals surface area (Å²) in [5.41, 5.74) is -1.94. The van der Waals surface area contributed by atoms with Gasteiger partial charge < -0.3 is 0 Å². The molecule has 0 rings (SSSR count). The number of carbonyl (C=O) groups is 1. The second-order valence-electron chi connectivity index (χ2n) is 5.19. The molecule has 0 heterocycles. The number of hydrogen-bond acceptors (Lipinski definition) is 5. The molecule has 0 atom stereocenters. The van der Waals surface area contributed by atoms with Crippen LogP contribution in [-0.2, 0) is 4.79 Å². The third-order valence-electron chi connectivity index (χ3n) is 3.56. The summed E-state index contributed by atoms with van der Waals surface area (Å²) in [4.78, 5) is 12.2. The Bertz CT molecular complexity index is 487. The largest absolute Gasteiger partial charge is 0.284 e. The molecular formula is C16H21N5O. The molecule has 0 aliphatic rings. The fourth-order valence-electron chi connectivity index (χ4n) is 2.17. The second-order valence-corrected chi connectivity index (χ2v) is 5.19. The van der Waals surface area contributed by atoms with Gasteiger partial charge in [-0.2, -0.15) is 21.0 Å². The predicted octanol–water partition coefficient (Wildman–Crippen LogP) is 3.34. The number of amides is 1. The first kappa shape index (κ1) is 19.4. The van der Waals surface area contributed by atoms with Gasteiger partial charge in [0.15, 0.2) is 0 Å².